The first kappa shape index (κ1) is 23.6. The van der Waals surface area contributed by atoms with Gasteiger partial charge in [-0.15, -0.1) is 0 Å². The monoisotopic (exact) mass is 474 g/mol. The minimum atomic E-state index is -3.50. The molecule has 2 aromatic carbocycles. The molecule has 1 aromatic heterocycles. The molecular formula is C23H23ClN2O5S. The normalized spacial score (nSPS) is 11.3. The largest absolute Gasteiger partial charge is 0.465 e. The van der Waals surface area contributed by atoms with E-state index in [1.54, 1.807) is 48.0 Å². The molecule has 0 aliphatic heterocycles. The van der Waals surface area contributed by atoms with E-state index in [2.05, 4.69) is 4.72 Å². The van der Waals surface area contributed by atoms with Gasteiger partial charge in [0.15, 0.2) is 0 Å². The standard InChI is InChI=1S/C23H23ClN2O5S/c1-14-11-19(26(2)21(14)22(27)15-5-8-17(24)9-6-15)12-16-7-10-18(25-32(4,29)30)13-20(16)23(28)31-3/h5-11,13,25H,12H2,1-4H3. The zero-order valence-electron chi connectivity index (χ0n) is 18.1. The Morgan fingerprint density at radius 3 is 2.34 bits per heavy atom. The quantitative estimate of drug-likeness (QED) is 0.413. The van der Waals surface area contributed by atoms with E-state index in [-0.39, 0.29) is 17.0 Å². The van der Waals surface area contributed by atoms with Crippen molar-refractivity contribution < 1.29 is 22.7 Å². The molecule has 0 radical (unpaired) electrons. The molecule has 0 bridgehead atoms. The van der Waals surface area contributed by atoms with E-state index in [0.717, 1.165) is 17.5 Å². The number of halogens is 1. The summed E-state index contributed by atoms with van der Waals surface area (Å²) in [6.07, 6.45) is 1.37. The molecule has 0 aliphatic rings. The third-order valence-corrected chi connectivity index (χ3v) is 5.89. The van der Waals surface area contributed by atoms with Gasteiger partial charge in [-0.3, -0.25) is 9.52 Å². The van der Waals surface area contributed by atoms with Crippen molar-refractivity contribution in [3.63, 3.8) is 0 Å². The number of ether oxygens (including phenoxy) is 1. The van der Waals surface area contributed by atoms with Gasteiger partial charge in [-0.05, 0) is 60.5 Å². The fourth-order valence-electron chi connectivity index (χ4n) is 3.57. The van der Waals surface area contributed by atoms with Gasteiger partial charge in [-0.1, -0.05) is 17.7 Å². The van der Waals surface area contributed by atoms with Gasteiger partial charge in [0, 0.05) is 35.4 Å². The summed E-state index contributed by atoms with van der Waals surface area (Å²) >= 11 is 5.93. The Labute approximate surface area is 192 Å². The molecule has 3 aromatic rings. The highest BCUT2D eigenvalue weighted by atomic mass is 35.5. The molecule has 0 aliphatic carbocycles. The summed E-state index contributed by atoms with van der Waals surface area (Å²) in [4.78, 5) is 25.4. The maximum Gasteiger partial charge on any atom is 0.338 e. The number of hydrogen-bond acceptors (Lipinski definition) is 5. The second kappa shape index (κ2) is 9.18. The predicted octanol–water partition coefficient (Wildman–Crippen LogP) is 3.97. The number of anilines is 1. The number of esters is 1. The third-order valence-electron chi connectivity index (χ3n) is 5.03. The first-order valence-corrected chi connectivity index (χ1v) is 11.9. The van der Waals surface area contributed by atoms with Gasteiger partial charge >= 0.3 is 5.97 Å². The van der Waals surface area contributed by atoms with E-state index in [4.69, 9.17) is 16.3 Å². The SMILES string of the molecule is COC(=O)c1cc(NS(C)(=O)=O)ccc1Cc1cc(C)c(C(=O)c2ccc(Cl)cc2)n1C. The van der Waals surface area contributed by atoms with Crippen molar-refractivity contribution in [2.75, 3.05) is 18.1 Å². The molecule has 1 heterocycles. The molecule has 0 unspecified atom stereocenters. The van der Waals surface area contributed by atoms with E-state index < -0.39 is 16.0 Å². The van der Waals surface area contributed by atoms with Crippen LogP contribution >= 0.6 is 11.6 Å². The number of carbonyl (C=O) groups is 2. The lowest BCUT2D eigenvalue weighted by molar-refractivity contribution is 0.0599. The second-order valence-corrected chi connectivity index (χ2v) is 9.66. The summed E-state index contributed by atoms with van der Waals surface area (Å²) < 4.78 is 32.1. The van der Waals surface area contributed by atoms with Crippen LogP contribution in [-0.4, -0.2) is 38.1 Å². The van der Waals surface area contributed by atoms with E-state index in [1.165, 1.54) is 13.2 Å². The minimum absolute atomic E-state index is 0.131. The van der Waals surface area contributed by atoms with Gasteiger partial charge in [0.2, 0.25) is 15.8 Å². The van der Waals surface area contributed by atoms with Crippen LogP contribution in [0.1, 0.15) is 43.2 Å². The van der Waals surface area contributed by atoms with Crippen LogP contribution in [0.2, 0.25) is 5.02 Å². The van der Waals surface area contributed by atoms with Crippen LogP contribution in [0.4, 0.5) is 5.69 Å². The van der Waals surface area contributed by atoms with Crippen molar-refractivity contribution >= 4 is 39.1 Å². The summed E-state index contributed by atoms with van der Waals surface area (Å²) in [5, 5.41) is 0.551. The van der Waals surface area contributed by atoms with E-state index >= 15 is 0 Å². The predicted molar refractivity (Wildman–Crippen MR) is 124 cm³/mol. The molecule has 0 saturated heterocycles. The van der Waals surface area contributed by atoms with Crippen LogP contribution in [0.15, 0.2) is 48.5 Å². The maximum absolute atomic E-state index is 13.1. The number of aryl methyl sites for hydroxylation is 1. The zero-order valence-corrected chi connectivity index (χ0v) is 19.7. The van der Waals surface area contributed by atoms with Gasteiger partial charge in [-0.2, -0.15) is 0 Å². The summed E-state index contributed by atoms with van der Waals surface area (Å²) in [6.45, 7) is 1.85. The average Bonchev–Trinajstić information content (AvgIpc) is 3.00. The zero-order chi connectivity index (χ0) is 23.6. The number of ketones is 1. The Kier molecular flexibility index (Phi) is 6.76. The number of nitrogens with one attached hydrogen (secondary N) is 1. The van der Waals surface area contributed by atoms with Crippen LogP contribution in [0, 0.1) is 6.92 Å². The number of aromatic nitrogens is 1. The van der Waals surface area contributed by atoms with Gasteiger partial charge in [0.1, 0.15) is 0 Å². The van der Waals surface area contributed by atoms with Crippen molar-refractivity contribution in [3.05, 3.63) is 87.2 Å². The molecule has 3 rings (SSSR count). The molecule has 1 N–H and O–H groups in total. The summed E-state index contributed by atoms with van der Waals surface area (Å²) in [6, 6.07) is 13.3. The number of carbonyl (C=O) groups excluding carboxylic acids is 2. The molecule has 168 valence electrons. The highest BCUT2D eigenvalue weighted by Crippen LogP contribution is 2.25. The van der Waals surface area contributed by atoms with E-state index in [0.29, 0.717) is 28.3 Å². The fourth-order valence-corrected chi connectivity index (χ4v) is 4.25. The van der Waals surface area contributed by atoms with E-state index in [1.807, 2.05) is 13.0 Å². The van der Waals surface area contributed by atoms with Crippen LogP contribution in [0.25, 0.3) is 0 Å². The van der Waals surface area contributed by atoms with Crippen molar-refractivity contribution in [1.82, 2.24) is 4.57 Å². The first-order valence-electron chi connectivity index (χ1n) is 9.64. The number of methoxy groups -OCH3 is 1. The summed E-state index contributed by atoms with van der Waals surface area (Å²) in [5.74, 6) is -0.714. The van der Waals surface area contributed by atoms with Gasteiger partial charge in [-0.25, -0.2) is 13.2 Å². The minimum Gasteiger partial charge on any atom is -0.465 e. The molecule has 9 heteroatoms. The third kappa shape index (κ3) is 5.20. The van der Waals surface area contributed by atoms with Crippen molar-refractivity contribution in [2.45, 2.75) is 13.3 Å². The van der Waals surface area contributed by atoms with Crippen LogP contribution in [0.5, 0.6) is 0 Å². The number of nitrogens with zero attached hydrogens (tertiary/aromatic N) is 1. The van der Waals surface area contributed by atoms with Gasteiger partial charge in [0.25, 0.3) is 0 Å². The van der Waals surface area contributed by atoms with Crippen molar-refractivity contribution in [3.8, 4) is 0 Å². The lowest BCUT2D eigenvalue weighted by Gasteiger charge is -2.13. The van der Waals surface area contributed by atoms with Crippen LogP contribution in [0.3, 0.4) is 0 Å². The fraction of sp³-hybridized carbons (Fsp3) is 0.217. The molecule has 32 heavy (non-hydrogen) atoms. The lowest BCUT2D eigenvalue weighted by Crippen LogP contribution is -2.13. The molecule has 0 spiro atoms. The Balaban J connectivity index is 1.98. The van der Waals surface area contributed by atoms with Gasteiger partial charge < -0.3 is 9.30 Å². The average molecular weight is 475 g/mol. The summed E-state index contributed by atoms with van der Waals surface area (Å²) in [5.41, 5.74) is 3.83. The van der Waals surface area contributed by atoms with Crippen LogP contribution < -0.4 is 4.72 Å². The molecule has 0 atom stereocenters. The number of rotatable bonds is 7. The van der Waals surface area contributed by atoms with Gasteiger partial charge in [0.05, 0.1) is 24.6 Å². The topological polar surface area (TPSA) is 94.5 Å². The van der Waals surface area contributed by atoms with Crippen molar-refractivity contribution in [2.24, 2.45) is 7.05 Å². The Morgan fingerprint density at radius 2 is 1.75 bits per heavy atom. The number of benzene rings is 2. The van der Waals surface area contributed by atoms with E-state index in [9.17, 15) is 18.0 Å². The maximum atomic E-state index is 13.1. The number of hydrogen-bond donors (Lipinski definition) is 1. The first-order chi connectivity index (χ1) is 15.0. The molecular weight excluding hydrogens is 452 g/mol. The highest BCUT2D eigenvalue weighted by Gasteiger charge is 2.21. The van der Waals surface area contributed by atoms with Crippen LogP contribution in [-0.2, 0) is 28.2 Å². The Bertz CT molecular complexity index is 1290. The van der Waals surface area contributed by atoms with Crippen molar-refractivity contribution in [1.29, 1.82) is 0 Å². The number of sulfonamides is 1. The summed E-state index contributed by atoms with van der Waals surface area (Å²) in [7, 11) is -0.441. The Morgan fingerprint density at radius 1 is 1.09 bits per heavy atom. The molecule has 0 saturated carbocycles. The molecule has 0 amide bonds. The highest BCUT2D eigenvalue weighted by molar-refractivity contribution is 7.92. The second-order valence-electron chi connectivity index (χ2n) is 7.48. The smallest absolute Gasteiger partial charge is 0.338 e. The Hall–Kier alpha value is -3.10. The molecule has 0 fully saturated rings. The lowest BCUT2D eigenvalue weighted by atomic mass is 10.0. The molecule has 7 nitrogen and oxygen atoms in total.